The summed E-state index contributed by atoms with van der Waals surface area (Å²) in [6.45, 7) is 4.44. The lowest BCUT2D eigenvalue weighted by atomic mass is 9.97. The van der Waals surface area contributed by atoms with Crippen molar-refractivity contribution >= 4 is 23.6 Å². The van der Waals surface area contributed by atoms with Crippen LogP contribution in [0.25, 0.3) is 0 Å². The van der Waals surface area contributed by atoms with Crippen LogP contribution in [-0.2, 0) is 19.1 Å². The standard InChI is InChI=1S/C14H21N3O5S/c1-9(18)15-7-12(22-10(2)19)8-21-14-13(16-23-17-14)11-3-5-20-6-4-11/h11-12H,3-8H2,1-2H3,(H,15,18)/t12-/m0/s1. The second-order valence-electron chi connectivity index (χ2n) is 5.32. The van der Waals surface area contributed by atoms with E-state index in [1.807, 2.05) is 0 Å². The molecule has 0 radical (unpaired) electrons. The number of nitrogens with zero attached hydrogens (tertiary/aromatic N) is 2. The Balaban J connectivity index is 1.92. The maximum atomic E-state index is 11.1. The summed E-state index contributed by atoms with van der Waals surface area (Å²) in [4.78, 5) is 22.1. The molecule has 9 heteroatoms. The Bertz CT molecular complexity index is 530. The molecule has 0 bridgehead atoms. The van der Waals surface area contributed by atoms with Crippen LogP contribution in [0.4, 0.5) is 0 Å². The number of ether oxygens (including phenoxy) is 3. The molecule has 2 heterocycles. The predicted octanol–water partition coefficient (Wildman–Crippen LogP) is 0.879. The smallest absolute Gasteiger partial charge is 0.303 e. The topological polar surface area (TPSA) is 99.6 Å². The molecular formula is C14H21N3O5S. The number of hydrogen-bond donors (Lipinski definition) is 1. The second kappa shape index (κ2) is 8.78. The highest BCUT2D eigenvalue weighted by molar-refractivity contribution is 6.99. The van der Waals surface area contributed by atoms with Crippen LogP contribution in [0.1, 0.15) is 38.3 Å². The van der Waals surface area contributed by atoms with Gasteiger partial charge in [0.2, 0.25) is 11.8 Å². The minimum atomic E-state index is -0.569. The van der Waals surface area contributed by atoms with Crippen molar-refractivity contribution in [2.45, 2.75) is 38.7 Å². The van der Waals surface area contributed by atoms with E-state index in [1.54, 1.807) is 0 Å². The van der Waals surface area contributed by atoms with Crippen molar-refractivity contribution in [1.82, 2.24) is 14.1 Å². The van der Waals surface area contributed by atoms with Crippen LogP contribution in [0, 0.1) is 0 Å². The van der Waals surface area contributed by atoms with Crippen LogP contribution in [-0.4, -0.2) is 53.1 Å². The zero-order valence-corrected chi connectivity index (χ0v) is 14.1. The summed E-state index contributed by atoms with van der Waals surface area (Å²) >= 11 is 1.10. The van der Waals surface area contributed by atoms with Crippen LogP contribution < -0.4 is 10.1 Å². The van der Waals surface area contributed by atoms with Crippen LogP contribution in [0.5, 0.6) is 5.88 Å². The van der Waals surface area contributed by atoms with Gasteiger partial charge in [0.25, 0.3) is 0 Å². The third kappa shape index (κ3) is 5.76. The summed E-state index contributed by atoms with van der Waals surface area (Å²) in [5.74, 6) is 0.132. The van der Waals surface area contributed by atoms with E-state index in [9.17, 15) is 9.59 Å². The zero-order valence-electron chi connectivity index (χ0n) is 13.2. The van der Waals surface area contributed by atoms with Gasteiger partial charge >= 0.3 is 5.97 Å². The minimum Gasteiger partial charge on any atom is -0.472 e. The Morgan fingerprint density at radius 1 is 1.35 bits per heavy atom. The molecule has 1 aliphatic rings. The lowest BCUT2D eigenvalue weighted by Crippen LogP contribution is -2.37. The molecule has 1 N–H and O–H groups in total. The third-order valence-electron chi connectivity index (χ3n) is 3.41. The molecule has 0 spiro atoms. The minimum absolute atomic E-state index is 0.113. The summed E-state index contributed by atoms with van der Waals surface area (Å²) in [5.41, 5.74) is 0.833. The lowest BCUT2D eigenvalue weighted by Gasteiger charge is -2.21. The SMILES string of the molecule is CC(=O)NC[C@@H](COc1nsnc1C1CCOCC1)OC(C)=O. The maximum Gasteiger partial charge on any atom is 0.303 e. The molecule has 128 valence electrons. The normalized spacial score (nSPS) is 16.6. The molecular weight excluding hydrogens is 322 g/mol. The Labute approximate surface area is 138 Å². The number of aromatic nitrogens is 2. The first-order chi connectivity index (χ1) is 11.1. The first kappa shape index (κ1) is 17.6. The van der Waals surface area contributed by atoms with Gasteiger partial charge in [-0.05, 0) is 12.8 Å². The fourth-order valence-electron chi connectivity index (χ4n) is 2.31. The Morgan fingerprint density at radius 3 is 2.74 bits per heavy atom. The van der Waals surface area contributed by atoms with Gasteiger partial charge in [0.05, 0.1) is 18.3 Å². The summed E-state index contributed by atoms with van der Waals surface area (Å²) in [6.07, 6.45) is 1.21. The van der Waals surface area contributed by atoms with Crippen LogP contribution in [0.15, 0.2) is 0 Å². The molecule has 1 aromatic rings. The summed E-state index contributed by atoms with van der Waals surface area (Å²) in [5, 5.41) is 2.61. The highest BCUT2D eigenvalue weighted by Gasteiger charge is 2.24. The van der Waals surface area contributed by atoms with E-state index >= 15 is 0 Å². The maximum absolute atomic E-state index is 11.1. The van der Waals surface area contributed by atoms with E-state index < -0.39 is 12.1 Å². The first-order valence-electron chi connectivity index (χ1n) is 7.51. The summed E-state index contributed by atoms with van der Waals surface area (Å²) in [6, 6.07) is 0. The largest absolute Gasteiger partial charge is 0.472 e. The van der Waals surface area contributed by atoms with Crippen molar-refractivity contribution in [3.8, 4) is 5.88 Å². The van der Waals surface area contributed by atoms with E-state index in [2.05, 4.69) is 14.1 Å². The highest BCUT2D eigenvalue weighted by atomic mass is 32.1. The molecule has 1 aromatic heterocycles. The van der Waals surface area contributed by atoms with E-state index in [0.29, 0.717) is 19.1 Å². The average molecular weight is 343 g/mol. The quantitative estimate of drug-likeness (QED) is 0.734. The lowest BCUT2D eigenvalue weighted by molar-refractivity contribution is -0.148. The van der Waals surface area contributed by atoms with Gasteiger partial charge in [-0.3, -0.25) is 9.59 Å². The summed E-state index contributed by atoms with van der Waals surface area (Å²) < 4.78 is 24.7. The van der Waals surface area contributed by atoms with Gasteiger partial charge in [-0.25, -0.2) is 0 Å². The van der Waals surface area contributed by atoms with Gasteiger partial charge in [-0.1, -0.05) is 0 Å². The Kier molecular flexibility index (Phi) is 6.72. The molecule has 8 nitrogen and oxygen atoms in total. The number of amides is 1. The number of carbonyl (C=O) groups is 2. The van der Waals surface area contributed by atoms with Crippen LogP contribution >= 0.6 is 11.7 Å². The number of carbonyl (C=O) groups excluding carboxylic acids is 2. The van der Waals surface area contributed by atoms with Crippen molar-refractivity contribution in [2.24, 2.45) is 0 Å². The third-order valence-corrected chi connectivity index (χ3v) is 3.93. The number of nitrogens with one attached hydrogen (secondary N) is 1. The van der Waals surface area contributed by atoms with Crippen molar-refractivity contribution in [3.63, 3.8) is 0 Å². The zero-order chi connectivity index (χ0) is 16.7. The van der Waals surface area contributed by atoms with Gasteiger partial charge in [-0.2, -0.15) is 4.37 Å². The highest BCUT2D eigenvalue weighted by Crippen LogP contribution is 2.32. The van der Waals surface area contributed by atoms with E-state index in [1.165, 1.54) is 13.8 Å². The first-order valence-corrected chi connectivity index (χ1v) is 8.24. The number of hydrogen-bond acceptors (Lipinski definition) is 8. The van der Waals surface area contributed by atoms with Gasteiger partial charge in [-0.15, -0.1) is 4.37 Å². The van der Waals surface area contributed by atoms with Crippen molar-refractivity contribution in [1.29, 1.82) is 0 Å². The molecule has 0 aromatic carbocycles. The van der Waals surface area contributed by atoms with E-state index in [-0.39, 0.29) is 25.0 Å². The average Bonchev–Trinajstić information content (AvgIpc) is 2.99. The van der Waals surface area contributed by atoms with E-state index in [4.69, 9.17) is 14.2 Å². The predicted molar refractivity (Wildman–Crippen MR) is 82.4 cm³/mol. The van der Waals surface area contributed by atoms with Crippen molar-refractivity contribution < 1.29 is 23.8 Å². The molecule has 0 unspecified atom stereocenters. The fourth-order valence-corrected chi connectivity index (χ4v) is 2.88. The molecule has 0 saturated carbocycles. The molecule has 1 amide bonds. The van der Waals surface area contributed by atoms with E-state index in [0.717, 1.165) is 30.3 Å². The Morgan fingerprint density at radius 2 is 2.09 bits per heavy atom. The summed E-state index contributed by atoms with van der Waals surface area (Å²) in [7, 11) is 0. The van der Waals surface area contributed by atoms with Gasteiger partial charge in [0, 0.05) is 33.0 Å². The van der Waals surface area contributed by atoms with Crippen molar-refractivity contribution in [3.05, 3.63) is 5.69 Å². The van der Waals surface area contributed by atoms with Gasteiger partial charge < -0.3 is 19.5 Å². The number of rotatable bonds is 7. The number of esters is 1. The monoisotopic (exact) mass is 343 g/mol. The second-order valence-corrected chi connectivity index (χ2v) is 5.85. The fraction of sp³-hybridized carbons (Fsp3) is 0.714. The molecule has 1 fully saturated rings. The molecule has 1 saturated heterocycles. The molecule has 23 heavy (non-hydrogen) atoms. The van der Waals surface area contributed by atoms with Crippen LogP contribution in [0.2, 0.25) is 0 Å². The van der Waals surface area contributed by atoms with Crippen LogP contribution in [0.3, 0.4) is 0 Å². The Hall–Kier alpha value is -1.74. The molecule has 1 aliphatic heterocycles. The van der Waals surface area contributed by atoms with Crippen molar-refractivity contribution in [2.75, 3.05) is 26.4 Å². The molecule has 1 atom stereocenters. The van der Waals surface area contributed by atoms with Gasteiger partial charge in [0.15, 0.2) is 6.10 Å². The molecule has 2 rings (SSSR count). The molecule has 0 aliphatic carbocycles. The van der Waals surface area contributed by atoms with Gasteiger partial charge in [0.1, 0.15) is 12.3 Å².